The zero-order chi connectivity index (χ0) is 12.7. The Kier molecular flexibility index (Phi) is 6.38. The third-order valence-electron chi connectivity index (χ3n) is 2.85. The lowest BCUT2D eigenvalue weighted by molar-refractivity contribution is 0.154. The quantitative estimate of drug-likeness (QED) is 0.545. The molecule has 2 nitrogen and oxygen atoms in total. The Bertz CT molecular complexity index is 341. The first kappa shape index (κ1) is 14.3. The minimum absolute atomic E-state index is 0.576. The fourth-order valence-corrected chi connectivity index (χ4v) is 2.09. The first-order valence-electron chi connectivity index (χ1n) is 6.21. The van der Waals surface area contributed by atoms with Crippen molar-refractivity contribution in [3.63, 3.8) is 0 Å². The third kappa shape index (κ3) is 4.21. The van der Waals surface area contributed by atoms with Crippen LogP contribution < -0.4 is 4.90 Å². The second-order valence-corrected chi connectivity index (χ2v) is 4.30. The maximum atomic E-state index is 5.83. The molecular weight excluding hydrogens is 234 g/mol. The molecule has 0 atom stereocenters. The van der Waals surface area contributed by atoms with Gasteiger partial charge in [0.15, 0.2) is 0 Å². The van der Waals surface area contributed by atoms with E-state index in [-0.39, 0.29) is 0 Å². The average Bonchev–Trinajstić information content (AvgIpc) is 2.35. The minimum atomic E-state index is 0.576. The van der Waals surface area contributed by atoms with E-state index >= 15 is 0 Å². The van der Waals surface area contributed by atoms with Crippen LogP contribution >= 0.6 is 11.6 Å². The van der Waals surface area contributed by atoms with Gasteiger partial charge >= 0.3 is 0 Å². The van der Waals surface area contributed by atoms with Crippen molar-refractivity contribution in [3.05, 3.63) is 29.3 Å². The van der Waals surface area contributed by atoms with Crippen LogP contribution in [0.3, 0.4) is 0 Å². The number of ether oxygens (including phenoxy) is 1. The summed E-state index contributed by atoms with van der Waals surface area (Å²) in [5, 5.41) is 0. The summed E-state index contributed by atoms with van der Waals surface area (Å²) in [5.41, 5.74) is 3.73. The van der Waals surface area contributed by atoms with Gasteiger partial charge in [-0.05, 0) is 38.0 Å². The van der Waals surface area contributed by atoms with Crippen LogP contribution in [0.15, 0.2) is 18.2 Å². The number of rotatable bonds is 7. The summed E-state index contributed by atoms with van der Waals surface area (Å²) >= 11 is 5.83. The lowest BCUT2D eigenvalue weighted by Crippen LogP contribution is -2.27. The van der Waals surface area contributed by atoms with Gasteiger partial charge in [0.1, 0.15) is 0 Å². The highest BCUT2D eigenvalue weighted by atomic mass is 35.5. The highest BCUT2D eigenvalue weighted by Gasteiger charge is 2.07. The molecule has 0 amide bonds. The lowest BCUT2D eigenvalue weighted by Gasteiger charge is -2.25. The number of halogens is 1. The van der Waals surface area contributed by atoms with Crippen molar-refractivity contribution in [2.45, 2.75) is 26.7 Å². The van der Waals surface area contributed by atoms with Crippen LogP contribution in [0.1, 0.15) is 25.0 Å². The molecule has 0 heterocycles. The van der Waals surface area contributed by atoms with Crippen LogP contribution in [0.5, 0.6) is 0 Å². The van der Waals surface area contributed by atoms with Gasteiger partial charge in [-0.15, -0.1) is 11.6 Å². The van der Waals surface area contributed by atoms with E-state index in [0.717, 1.165) is 26.3 Å². The fraction of sp³-hybridized carbons (Fsp3) is 0.571. The first-order chi connectivity index (χ1) is 8.22. The van der Waals surface area contributed by atoms with Gasteiger partial charge in [0.2, 0.25) is 0 Å². The van der Waals surface area contributed by atoms with E-state index in [1.807, 2.05) is 6.92 Å². The number of aryl methyl sites for hydroxylation is 1. The molecule has 1 aromatic rings. The molecule has 0 unspecified atom stereocenters. The zero-order valence-electron chi connectivity index (χ0n) is 11.0. The Balaban J connectivity index is 2.73. The molecule has 0 saturated heterocycles. The van der Waals surface area contributed by atoms with Crippen molar-refractivity contribution in [1.82, 2.24) is 0 Å². The van der Waals surface area contributed by atoms with E-state index in [9.17, 15) is 0 Å². The van der Waals surface area contributed by atoms with E-state index in [4.69, 9.17) is 16.3 Å². The largest absolute Gasteiger partial charge is 0.380 e. The van der Waals surface area contributed by atoms with Gasteiger partial charge in [-0.2, -0.15) is 0 Å². The van der Waals surface area contributed by atoms with Crippen LogP contribution in [0, 0.1) is 6.92 Å². The van der Waals surface area contributed by atoms with Crippen LogP contribution in [-0.2, 0) is 10.6 Å². The van der Waals surface area contributed by atoms with Crippen molar-refractivity contribution in [1.29, 1.82) is 0 Å². The van der Waals surface area contributed by atoms with Crippen molar-refractivity contribution in [3.8, 4) is 0 Å². The van der Waals surface area contributed by atoms with E-state index < -0.39 is 0 Å². The van der Waals surface area contributed by atoms with Crippen molar-refractivity contribution in [2.75, 3.05) is 31.2 Å². The van der Waals surface area contributed by atoms with E-state index in [1.54, 1.807) is 0 Å². The van der Waals surface area contributed by atoms with Crippen molar-refractivity contribution >= 4 is 17.3 Å². The lowest BCUT2D eigenvalue weighted by atomic mass is 10.1. The topological polar surface area (TPSA) is 12.5 Å². The number of nitrogens with zero attached hydrogens (tertiary/aromatic N) is 1. The van der Waals surface area contributed by atoms with Gasteiger partial charge in [-0.3, -0.25) is 0 Å². The minimum Gasteiger partial charge on any atom is -0.380 e. The molecule has 0 radical (unpaired) electrons. The molecule has 0 aliphatic rings. The summed E-state index contributed by atoms with van der Waals surface area (Å²) in [6.07, 6.45) is 0. The molecule has 0 aliphatic carbocycles. The Morgan fingerprint density at radius 1 is 1.29 bits per heavy atom. The van der Waals surface area contributed by atoms with Gasteiger partial charge in [-0.25, -0.2) is 0 Å². The molecule has 0 bridgehead atoms. The number of benzene rings is 1. The maximum absolute atomic E-state index is 5.83. The highest BCUT2D eigenvalue weighted by Crippen LogP contribution is 2.21. The Morgan fingerprint density at radius 2 is 2.06 bits per heavy atom. The number of hydrogen-bond acceptors (Lipinski definition) is 2. The molecule has 0 aromatic heterocycles. The first-order valence-corrected chi connectivity index (χ1v) is 6.74. The Labute approximate surface area is 110 Å². The summed E-state index contributed by atoms with van der Waals surface area (Å²) in [7, 11) is 0. The molecule has 1 rings (SSSR count). The summed E-state index contributed by atoms with van der Waals surface area (Å²) in [6, 6.07) is 6.41. The number of alkyl halides is 1. The number of anilines is 1. The van der Waals surface area contributed by atoms with Crippen LogP contribution in [0.2, 0.25) is 0 Å². The monoisotopic (exact) mass is 255 g/mol. The molecule has 0 spiro atoms. The molecule has 96 valence electrons. The predicted octanol–water partition coefficient (Wildman–Crippen LogP) is 3.60. The summed E-state index contributed by atoms with van der Waals surface area (Å²) < 4.78 is 5.41. The van der Waals surface area contributed by atoms with Crippen molar-refractivity contribution < 1.29 is 4.74 Å². The fourth-order valence-electron chi connectivity index (χ4n) is 1.92. The Hall–Kier alpha value is -0.730. The Morgan fingerprint density at radius 3 is 2.59 bits per heavy atom. The van der Waals surface area contributed by atoms with Gasteiger partial charge in [-0.1, -0.05) is 12.1 Å². The van der Waals surface area contributed by atoms with Crippen LogP contribution in [0.4, 0.5) is 5.69 Å². The van der Waals surface area contributed by atoms with Crippen LogP contribution in [-0.4, -0.2) is 26.3 Å². The molecule has 0 N–H and O–H groups in total. The molecule has 0 saturated carbocycles. The van der Waals surface area contributed by atoms with Crippen molar-refractivity contribution in [2.24, 2.45) is 0 Å². The zero-order valence-corrected chi connectivity index (χ0v) is 11.8. The molecular formula is C14H22ClNO. The summed E-state index contributed by atoms with van der Waals surface area (Å²) in [5.74, 6) is 0.576. The second kappa shape index (κ2) is 7.57. The normalized spacial score (nSPS) is 10.6. The summed E-state index contributed by atoms with van der Waals surface area (Å²) in [4.78, 5) is 2.34. The van der Waals surface area contributed by atoms with E-state index in [2.05, 4.69) is 36.9 Å². The van der Waals surface area contributed by atoms with Gasteiger partial charge in [0.25, 0.3) is 0 Å². The average molecular weight is 256 g/mol. The molecule has 1 aromatic carbocycles. The molecule has 17 heavy (non-hydrogen) atoms. The maximum Gasteiger partial charge on any atom is 0.0641 e. The number of hydrogen-bond donors (Lipinski definition) is 0. The second-order valence-electron chi connectivity index (χ2n) is 4.03. The third-order valence-corrected chi connectivity index (χ3v) is 3.16. The van der Waals surface area contributed by atoms with Gasteiger partial charge in [0, 0.05) is 31.3 Å². The van der Waals surface area contributed by atoms with Gasteiger partial charge < -0.3 is 9.64 Å². The highest BCUT2D eigenvalue weighted by molar-refractivity contribution is 6.17. The SMILES string of the molecule is CCOCCN(CC)c1ccc(CCl)cc1C. The van der Waals surface area contributed by atoms with E-state index in [1.165, 1.54) is 16.8 Å². The summed E-state index contributed by atoms with van der Waals surface area (Å²) in [6.45, 7) is 9.81. The number of likely N-dealkylation sites (N-methyl/N-ethyl adjacent to an activating group) is 1. The van der Waals surface area contributed by atoms with E-state index in [0.29, 0.717) is 5.88 Å². The molecule has 3 heteroatoms. The predicted molar refractivity (Wildman–Crippen MR) is 75.1 cm³/mol. The van der Waals surface area contributed by atoms with Crippen LogP contribution in [0.25, 0.3) is 0 Å². The molecule has 0 aliphatic heterocycles. The van der Waals surface area contributed by atoms with Gasteiger partial charge in [0.05, 0.1) is 6.61 Å². The smallest absolute Gasteiger partial charge is 0.0641 e. The standard InChI is InChI=1S/C14H22ClNO/c1-4-16(8-9-17-5-2)14-7-6-13(11-15)10-12(14)3/h6-7,10H,4-5,8-9,11H2,1-3H3. The molecule has 0 fully saturated rings.